The van der Waals surface area contributed by atoms with Crippen LogP contribution in [0.1, 0.15) is 34.8 Å². The third-order valence-corrected chi connectivity index (χ3v) is 7.80. The molecule has 0 unspecified atom stereocenters. The summed E-state index contributed by atoms with van der Waals surface area (Å²) in [7, 11) is 2.80. The van der Waals surface area contributed by atoms with Gasteiger partial charge in [0.2, 0.25) is 17.3 Å². The number of aliphatic imine (C=N–C) groups is 1. The van der Waals surface area contributed by atoms with Crippen LogP contribution in [0.4, 0.5) is 0 Å². The number of allylic oxidation sites excluding steroid dienone is 1. The van der Waals surface area contributed by atoms with Crippen LogP contribution in [0.3, 0.4) is 0 Å². The summed E-state index contributed by atoms with van der Waals surface area (Å²) < 4.78 is 16.7. The third-order valence-electron chi connectivity index (χ3n) is 7.44. The Kier molecular flexibility index (Phi) is 6.65. The van der Waals surface area contributed by atoms with Gasteiger partial charge in [-0.05, 0) is 17.5 Å². The molecule has 1 aliphatic carbocycles. The minimum Gasteiger partial charge on any atom is -0.507 e. The van der Waals surface area contributed by atoms with Crippen LogP contribution in [0.15, 0.2) is 46.7 Å². The predicted octanol–water partition coefficient (Wildman–Crippen LogP) is 3.75. The molecular weight excluding hydrogens is 512 g/mol. The number of aliphatic hydroxyl groups excluding tert-OH is 1. The van der Waals surface area contributed by atoms with Gasteiger partial charge < -0.3 is 24.2 Å². The first-order valence-corrected chi connectivity index (χ1v) is 12.6. The zero-order chi connectivity index (χ0) is 27.2. The van der Waals surface area contributed by atoms with Gasteiger partial charge in [-0.1, -0.05) is 42.8 Å². The second-order valence-corrected chi connectivity index (χ2v) is 9.94. The highest BCUT2D eigenvalue weighted by atomic mass is 35.5. The van der Waals surface area contributed by atoms with Crippen molar-refractivity contribution in [1.82, 2.24) is 4.90 Å². The van der Waals surface area contributed by atoms with E-state index in [2.05, 4.69) is 11.1 Å². The van der Waals surface area contributed by atoms with Crippen LogP contribution in [-0.2, 0) is 22.6 Å². The van der Waals surface area contributed by atoms with E-state index in [0.29, 0.717) is 13.1 Å². The van der Waals surface area contributed by atoms with Gasteiger partial charge in [-0.2, -0.15) is 0 Å². The van der Waals surface area contributed by atoms with E-state index in [1.54, 1.807) is 11.8 Å². The van der Waals surface area contributed by atoms with E-state index >= 15 is 0 Å². The molecule has 1 amide bonds. The molecule has 0 fully saturated rings. The van der Waals surface area contributed by atoms with E-state index in [-0.39, 0.29) is 52.3 Å². The summed E-state index contributed by atoms with van der Waals surface area (Å²) in [5.41, 5.74) is 0.309. The molecule has 2 aromatic rings. The minimum atomic E-state index is -1.89. The number of ketones is 2. The van der Waals surface area contributed by atoms with Crippen molar-refractivity contribution in [2.24, 2.45) is 10.9 Å². The van der Waals surface area contributed by atoms with Gasteiger partial charge in [-0.3, -0.25) is 19.4 Å². The molecule has 3 aliphatic rings. The van der Waals surface area contributed by atoms with Gasteiger partial charge in [0.1, 0.15) is 28.6 Å². The molecule has 0 aromatic heterocycles. The minimum absolute atomic E-state index is 0.0115. The highest BCUT2D eigenvalue weighted by Crippen LogP contribution is 2.54. The van der Waals surface area contributed by atoms with Crippen LogP contribution < -0.4 is 14.2 Å². The Balaban J connectivity index is 1.43. The van der Waals surface area contributed by atoms with Gasteiger partial charge in [0.25, 0.3) is 0 Å². The highest BCUT2D eigenvalue weighted by molar-refractivity contribution is 6.35. The molecule has 2 heterocycles. The Morgan fingerprint density at radius 1 is 1.24 bits per heavy atom. The van der Waals surface area contributed by atoms with Crippen molar-refractivity contribution >= 4 is 35.3 Å². The Hall–Kier alpha value is -3.85. The van der Waals surface area contributed by atoms with Crippen molar-refractivity contribution in [3.63, 3.8) is 0 Å². The van der Waals surface area contributed by atoms with Gasteiger partial charge in [0.05, 0.1) is 19.8 Å². The second kappa shape index (κ2) is 9.79. The number of rotatable bonds is 5. The van der Waals surface area contributed by atoms with Crippen molar-refractivity contribution in [1.29, 1.82) is 0 Å². The van der Waals surface area contributed by atoms with E-state index < -0.39 is 28.8 Å². The van der Waals surface area contributed by atoms with E-state index in [4.69, 9.17) is 25.8 Å². The van der Waals surface area contributed by atoms with E-state index in [9.17, 15) is 19.5 Å². The molecule has 0 saturated carbocycles. The molecule has 10 heteroatoms. The molecule has 0 radical (unpaired) electrons. The summed E-state index contributed by atoms with van der Waals surface area (Å²) in [5, 5.41) is 11.4. The Morgan fingerprint density at radius 3 is 2.66 bits per heavy atom. The molecule has 198 valence electrons. The maximum Gasteiger partial charge on any atom is 0.244 e. The van der Waals surface area contributed by atoms with Gasteiger partial charge >= 0.3 is 0 Å². The van der Waals surface area contributed by atoms with Crippen molar-refractivity contribution in [3.8, 4) is 17.2 Å². The van der Waals surface area contributed by atoms with Crippen LogP contribution in [0.5, 0.6) is 17.2 Å². The molecule has 1 N–H and O–H groups in total. The predicted molar refractivity (Wildman–Crippen MR) is 140 cm³/mol. The van der Waals surface area contributed by atoms with Crippen LogP contribution >= 0.6 is 11.6 Å². The monoisotopic (exact) mass is 538 g/mol. The lowest BCUT2D eigenvalue weighted by Gasteiger charge is -2.36. The SMILES string of the molecule is COc1cc(OC)c2c(c1Cl)O[C@]1(C2=O)C(O)=C(C=NCC(=O)N2CCc3ccccc3C2)C(=O)C[C@H]1C. The van der Waals surface area contributed by atoms with Gasteiger partial charge in [-0.15, -0.1) is 0 Å². The number of halogens is 1. The second-order valence-electron chi connectivity index (χ2n) is 9.56. The lowest BCUT2D eigenvalue weighted by atomic mass is 9.73. The fourth-order valence-electron chi connectivity index (χ4n) is 5.34. The molecule has 2 aromatic carbocycles. The van der Waals surface area contributed by atoms with E-state index in [1.807, 2.05) is 18.2 Å². The van der Waals surface area contributed by atoms with E-state index in [1.165, 1.54) is 25.8 Å². The molecule has 2 aliphatic heterocycles. The molecule has 38 heavy (non-hydrogen) atoms. The average molecular weight is 539 g/mol. The summed E-state index contributed by atoms with van der Waals surface area (Å²) in [5.74, 6) is -2.06. The molecule has 9 nitrogen and oxygen atoms in total. The zero-order valence-corrected chi connectivity index (χ0v) is 22.0. The summed E-state index contributed by atoms with van der Waals surface area (Å²) >= 11 is 6.44. The molecule has 0 bridgehead atoms. The first-order valence-electron chi connectivity index (χ1n) is 12.2. The van der Waals surface area contributed by atoms with Gasteiger partial charge in [-0.25, -0.2) is 0 Å². The maximum atomic E-state index is 13.8. The lowest BCUT2D eigenvalue weighted by Crippen LogP contribution is -2.52. The zero-order valence-electron chi connectivity index (χ0n) is 21.2. The first-order chi connectivity index (χ1) is 18.2. The van der Waals surface area contributed by atoms with Crippen molar-refractivity contribution in [2.45, 2.75) is 31.9 Å². The number of aliphatic hydroxyl groups is 1. The largest absolute Gasteiger partial charge is 0.507 e. The summed E-state index contributed by atoms with van der Waals surface area (Å²) in [6.45, 7) is 2.50. The Labute approximate surface area is 224 Å². The Bertz CT molecular complexity index is 1420. The topological polar surface area (TPSA) is 115 Å². The first kappa shape index (κ1) is 25.8. The van der Waals surface area contributed by atoms with Crippen molar-refractivity contribution in [3.05, 3.63) is 63.4 Å². The number of benzene rings is 2. The number of hydrogen-bond acceptors (Lipinski definition) is 8. The number of nitrogens with zero attached hydrogens (tertiary/aromatic N) is 2. The number of hydrogen-bond donors (Lipinski definition) is 1. The molecule has 0 saturated heterocycles. The van der Waals surface area contributed by atoms with Gasteiger partial charge in [0, 0.05) is 37.7 Å². The maximum absolute atomic E-state index is 13.8. The van der Waals surface area contributed by atoms with Crippen LogP contribution in [0.25, 0.3) is 0 Å². The van der Waals surface area contributed by atoms with Crippen LogP contribution in [0, 0.1) is 5.92 Å². The number of amides is 1. The average Bonchev–Trinajstić information content (AvgIpc) is 3.24. The molecular formula is C28H27ClN2O7. The number of carbonyl (C=O) groups excluding carboxylic acids is 3. The fraction of sp³-hybridized carbons (Fsp3) is 0.357. The molecule has 5 rings (SSSR count). The van der Waals surface area contributed by atoms with Crippen molar-refractivity contribution < 1.29 is 33.7 Å². The fourth-order valence-corrected chi connectivity index (χ4v) is 5.60. The highest BCUT2D eigenvalue weighted by Gasteiger charge is 2.60. The molecule has 1 spiro atoms. The van der Waals surface area contributed by atoms with Crippen LogP contribution in [0.2, 0.25) is 5.02 Å². The standard InChI is InChI=1S/C28H27ClN2O7/c1-15-10-19(32)18(12-30-13-22(33)31-9-8-16-6-4-5-7-17(16)14-31)26(34)28(15)27(35)23-20(36-2)11-21(37-3)24(29)25(23)38-28/h4-7,11-12,15,34H,8-10,13-14H2,1-3H3/t15-,28+/m1/s1. The Morgan fingerprint density at radius 2 is 1.95 bits per heavy atom. The quantitative estimate of drug-likeness (QED) is 0.576. The van der Waals surface area contributed by atoms with Crippen LogP contribution in [-0.4, -0.2) is 66.6 Å². The number of fused-ring (bicyclic) bond motifs is 2. The smallest absolute Gasteiger partial charge is 0.244 e. The number of carbonyl (C=O) groups is 3. The number of methoxy groups -OCH3 is 2. The molecule has 2 atom stereocenters. The summed E-state index contributed by atoms with van der Waals surface area (Å²) in [6, 6.07) is 9.44. The van der Waals surface area contributed by atoms with Gasteiger partial charge in [0.15, 0.2) is 17.3 Å². The number of Topliss-reactive ketones (excluding diaryl/α,β-unsaturated/α-hetero) is 2. The van der Waals surface area contributed by atoms with E-state index in [0.717, 1.165) is 18.2 Å². The summed E-state index contributed by atoms with van der Waals surface area (Å²) in [4.78, 5) is 45.3. The normalized spacial score (nSPS) is 22.5. The third kappa shape index (κ3) is 3.93. The lowest BCUT2D eigenvalue weighted by molar-refractivity contribution is -0.130. The van der Waals surface area contributed by atoms with Crippen molar-refractivity contribution in [2.75, 3.05) is 27.3 Å². The summed E-state index contributed by atoms with van der Waals surface area (Å²) in [6.07, 6.45) is 1.83. The number of ether oxygens (including phenoxy) is 3.